The predicted molar refractivity (Wildman–Crippen MR) is 114 cm³/mol. The van der Waals surface area contributed by atoms with Gasteiger partial charge in [-0.1, -0.05) is 36.8 Å². The Kier molecular flexibility index (Phi) is 8.41. The summed E-state index contributed by atoms with van der Waals surface area (Å²) >= 11 is 0. The van der Waals surface area contributed by atoms with E-state index < -0.39 is 0 Å². The topological polar surface area (TPSA) is 58.4 Å². The maximum absolute atomic E-state index is 12.7. The zero-order valence-electron chi connectivity index (χ0n) is 15.9. The number of carbonyl (C=O) groups excluding carboxylic acids is 1. The molecule has 1 aliphatic heterocycles. The SMILES string of the molecule is Cl.Cl.NC1C2CCC(C2)C1C(=O)NCC1CCCCN1Cc1ccccc1. The minimum atomic E-state index is 0. The summed E-state index contributed by atoms with van der Waals surface area (Å²) < 4.78 is 0. The van der Waals surface area contributed by atoms with Crippen LogP contribution in [0.3, 0.4) is 0 Å². The van der Waals surface area contributed by atoms with Crippen LogP contribution in [0.25, 0.3) is 0 Å². The lowest BCUT2D eigenvalue weighted by Crippen LogP contribution is -2.50. The lowest BCUT2D eigenvalue weighted by Gasteiger charge is -2.36. The first-order chi connectivity index (χ1) is 12.2. The summed E-state index contributed by atoms with van der Waals surface area (Å²) in [7, 11) is 0. The van der Waals surface area contributed by atoms with Gasteiger partial charge in [-0.15, -0.1) is 24.8 Å². The molecule has 6 heteroatoms. The molecule has 5 atom stereocenters. The molecule has 0 spiro atoms. The number of nitrogens with zero attached hydrogens (tertiary/aromatic N) is 1. The molecule has 4 rings (SSSR count). The van der Waals surface area contributed by atoms with Crippen LogP contribution in [0.15, 0.2) is 30.3 Å². The molecule has 1 amide bonds. The lowest BCUT2D eigenvalue weighted by molar-refractivity contribution is -0.127. The second kappa shape index (κ2) is 10.1. The van der Waals surface area contributed by atoms with Crippen LogP contribution in [-0.2, 0) is 11.3 Å². The minimum Gasteiger partial charge on any atom is -0.354 e. The fourth-order valence-electron chi connectivity index (χ4n) is 5.38. The molecule has 0 aromatic heterocycles. The van der Waals surface area contributed by atoms with Gasteiger partial charge in [0, 0.05) is 25.2 Å². The third-order valence-corrected chi connectivity index (χ3v) is 6.77. The van der Waals surface area contributed by atoms with Crippen LogP contribution in [0.4, 0.5) is 0 Å². The summed E-state index contributed by atoms with van der Waals surface area (Å²) in [6.07, 6.45) is 7.29. The van der Waals surface area contributed by atoms with Crippen LogP contribution in [0.1, 0.15) is 44.1 Å². The van der Waals surface area contributed by atoms with Crippen molar-refractivity contribution in [1.29, 1.82) is 0 Å². The first-order valence-corrected chi connectivity index (χ1v) is 10.0. The van der Waals surface area contributed by atoms with Crippen LogP contribution in [0.5, 0.6) is 0 Å². The fraction of sp³-hybridized carbons (Fsp3) is 0.667. The number of halogens is 2. The van der Waals surface area contributed by atoms with E-state index in [1.807, 2.05) is 0 Å². The van der Waals surface area contributed by atoms with Crippen molar-refractivity contribution in [2.75, 3.05) is 13.1 Å². The smallest absolute Gasteiger partial charge is 0.225 e. The Morgan fingerprint density at radius 1 is 1.07 bits per heavy atom. The van der Waals surface area contributed by atoms with Crippen molar-refractivity contribution >= 4 is 30.7 Å². The van der Waals surface area contributed by atoms with Crippen molar-refractivity contribution in [2.24, 2.45) is 23.5 Å². The summed E-state index contributed by atoms with van der Waals surface area (Å²) in [5, 5.41) is 3.26. The van der Waals surface area contributed by atoms with Gasteiger partial charge in [0.15, 0.2) is 0 Å². The van der Waals surface area contributed by atoms with E-state index in [-0.39, 0.29) is 42.7 Å². The maximum atomic E-state index is 12.7. The van der Waals surface area contributed by atoms with E-state index in [4.69, 9.17) is 5.73 Å². The van der Waals surface area contributed by atoms with E-state index in [1.165, 1.54) is 44.1 Å². The Morgan fingerprint density at radius 2 is 1.81 bits per heavy atom. The summed E-state index contributed by atoms with van der Waals surface area (Å²) in [5.74, 6) is 1.40. The summed E-state index contributed by atoms with van der Waals surface area (Å²) in [6, 6.07) is 11.2. The van der Waals surface area contributed by atoms with Crippen molar-refractivity contribution in [3.63, 3.8) is 0 Å². The second-order valence-electron chi connectivity index (χ2n) is 8.29. The monoisotopic (exact) mass is 413 g/mol. The zero-order chi connectivity index (χ0) is 17.2. The summed E-state index contributed by atoms with van der Waals surface area (Å²) in [4.78, 5) is 15.3. The number of carbonyl (C=O) groups is 1. The highest BCUT2D eigenvalue weighted by Crippen LogP contribution is 2.47. The number of benzene rings is 1. The van der Waals surface area contributed by atoms with Gasteiger partial charge >= 0.3 is 0 Å². The molecule has 5 unspecified atom stereocenters. The number of rotatable bonds is 5. The van der Waals surface area contributed by atoms with E-state index in [2.05, 4.69) is 40.5 Å². The van der Waals surface area contributed by atoms with Gasteiger partial charge in [-0.3, -0.25) is 9.69 Å². The predicted octanol–water partition coefficient (Wildman–Crippen LogP) is 3.37. The molecule has 27 heavy (non-hydrogen) atoms. The molecule has 152 valence electrons. The molecule has 1 heterocycles. The summed E-state index contributed by atoms with van der Waals surface area (Å²) in [6.45, 7) is 2.88. The van der Waals surface area contributed by atoms with E-state index in [9.17, 15) is 4.79 Å². The number of nitrogens with two attached hydrogens (primary N) is 1. The lowest BCUT2D eigenvalue weighted by atomic mass is 9.84. The quantitative estimate of drug-likeness (QED) is 0.777. The number of likely N-dealkylation sites (tertiary alicyclic amines) is 1. The molecule has 0 radical (unpaired) electrons. The Morgan fingerprint density at radius 3 is 2.52 bits per heavy atom. The Labute approximate surface area is 175 Å². The largest absolute Gasteiger partial charge is 0.354 e. The Bertz CT molecular complexity index is 598. The van der Waals surface area contributed by atoms with Gasteiger partial charge in [0.25, 0.3) is 0 Å². The highest BCUT2D eigenvalue weighted by Gasteiger charge is 2.49. The molecular formula is C21H33Cl2N3O. The number of nitrogens with one attached hydrogen (secondary N) is 1. The molecule has 4 nitrogen and oxygen atoms in total. The Balaban J connectivity index is 0.00000131. The van der Waals surface area contributed by atoms with E-state index in [0.717, 1.165) is 19.6 Å². The number of amides is 1. The van der Waals surface area contributed by atoms with E-state index >= 15 is 0 Å². The number of piperidine rings is 1. The second-order valence-corrected chi connectivity index (χ2v) is 8.29. The van der Waals surface area contributed by atoms with Gasteiger partial charge in [0.05, 0.1) is 5.92 Å². The highest BCUT2D eigenvalue weighted by molar-refractivity contribution is 5.85. The number of fused-ring (bicyclic) bond motifs is 2. The van der Waals surface area contributed by atoms with Crippen LogP contribution < -0.4 is 11.1 Å². The van der Waals surface area contributed by atoms with Crippen LogP contribution in [0.2, 0.25) is 0 Å². The van der Waals surface area contributed by atoms with Crippen molar-refractivity contribution in [3.8, 4) is 0 Å². The number of hydrogen-bond acceptors (Lipinski definition) is 3. The van der Waals surface area contributed by atoms with Gasteiger partial charge in [-0.05, 0) is 56.0 Å². The van der Waals surface area contributed by atoms with Crippen LogP contribution in [0, 0.1) is 17.8 Å². The van der Waals surface area contributed by atoms with Gasteiger partial charge < -0.3 is 11.1 Å². The van der Waals surface area contributed by atoms with E-state index in [0.29, 0.717) is 17.9 Å². The average Bonchev–Trinajstić information content (AvgIpc) is 3.23. The first kappa shape index (κ1) is 22.5. The normalized spacial score (nSPS) is 32.4. The average molecular weight is 414 g/mol. The van der Waals surface area contributed by atoms with Gasteiger partial charge in [0.1, 0.15) is 0 Å². The third-order valence-electron chi connectivity index (χ3n) is 6.77. The van der Waals surface area contributed by atoms with Gasteiger partial charge in [-0.25, -0.2) is 0 Å². The van der Waals surface area contributed by atoms with E-state index in [1.54, 1.807) is 0 Å². The molecule has 2 saturated carbocycles. The van der Waals surface area contributed by atoms with Crippen molar-refractivity contribution in [2.45, 2.75) is 57.2 Å². The molecule has 1 saturated heterocycles. The molecule has 2 bridgehead atoms. The molecule has 3 aliphatic rings. The first-order valence-electron chi connectivity index (χ1n) is 10.0. The minimum absolute atomic E-state index is 0. The highest BCUT2D eigenvalue weighted by atomic mass is 35.5. The van der Waals surface area contributed by atoms with Crippen LogP contribution in [-0.4, -0.2) is 36.0 Å². The number of hydrogen-bond donors (Lipinski definition) is 2. The summed E-state index contributed by atoms with van der Waals surface area (Å²) in [5.41, 5.74) is 7.69. The molecule has 1 aromatic carbocycles. The molecular weight excluding hydrogens is 381 g/mol. The molecule has 3 fully saturated rings. The van der Waals surface area contributed by atoms with Gasteiger partial charge in [-0.2, -0.15) is 0 Å². The maximum Gasteiger partial charge on any atom is 0.225 e. The van der Waals surface area contributed by atoms with Crippen molar-refractivity contribution in [3.05, 3.63) is 35.9 Å². The van der Waals surface area contributed by atoms with Crippen molar-refractivity contribution < 1.29 is 4.79 Å². The fourth-order valence-corrected chi connectivity index (χ4v) is 5.38. The third kappa shape index (κ3) is 4.97. The zero-order valence-corrected chi connectivity index (χ0v) is 17.5. The Hall–Kier alpha value is -0.810. The standard InChI is InChI=1S/C21H31N3O.2ClH/c22-20-17-10-9-16(12-17)19(20)21(25)23-13-18-8-4-5-11-24(18)14-15-6-2-1-3-7-15;;/h1-3,6-7,16-20H,4-5,8-14,22H2,(H,23,25);2*1H. The molecule has 2 aliphatic carbocycles. The van der Waals surface area contributed by atoms with Crippen LogP contribution >= 0.6 is 24.8 Å². The molecule has 3 N–H and O–H groups in total. The van der Waals surface area contributed by atoms with Crippen molar-refractivity contribution in [1.82, 2.24) is 10.2 Å². The molecule has 1 aromatic rings. The van der Waals surface area contributed by atoms with Gasteiger partial charge in [0.2, 0.25) is 5.91 Å².